The van der Waals surface area contributed by atoms with Gasteiger partial charge in [0.1, 0.15) is 6.61 Å². The maximum atomic E-state index is 11.7. The van der Waals surface area contributed by atoms with E-state index >= 15 is 0 Å². The molecule has 0 radical (unpaired) electrons. The third-order valence-electron chi connectivity index (χ3n) is 5.33. The molecule has 0 aromatic heterocycles. The number of rotatable bonds is 31. The van der Waals surface area contributed by atoms with Crippen LogP contribution in [0.15, 0.2) is 0 Å². The van der Waals surface area contributed by atoms with Crippen molar-refractivity contribution in [3.8, 4) is 0 Å². The SMILES string of the molecule is CCCCCCCCCCCC(=O)OCCOCCOCCOCCOCCOCCOCCNC. The van der Waals surface area contributed by atoms with E-state index in [0.717, 1.165) is 19.4 Å². The largest absolute Gasteiger partial charge is 0.463 e. The molecule has 0 aliphatic rings. The lowest BCUT2D eigenvalue weighted by Gasteiger charge is -2.08. The summed E-state index contributed by atoms with van der Waals surface area (Å²) in [5.74, 6) is -0.128. The Balaban J connectivity index is 3.11. The van der Waals surface area contributed by atoms with Crippen molar-refractivity contribution >= 4 is 5.97 Å². The van der Waals surface area contributed by atoms with Crippen molar-refractivity contribution < 1.29 is 38.0 Å². The average molecular weight is 522 g/mol. The van der Waals surface area contributed by atoms with E-state index in [-0.39, 0.29) is 5.97 Å². The summed E-state index contributed by atoms with van der Waals surface area (Å²) >= 11 is 0. The number of esters is 1. The molecule has 0 bridgehead atoms. The van der Waals surface area contributed by atoms with Gasteiger partial charge in [-0.2, -0.15) is 0 Å². The second-order valence-corrected chi connectivity index (χ2v) is 8.58. The minimum atomic E-state index is -0.128. The maximum absolute atomic E-state index is 11.7. The standard InChI is InChI=1S/C27H55NO8/c1-3-4-5-6-7-8-9-10-11-12-27(29)36-26-25-35-24-23-34-22-21-33-20-19-32-18-17-31-16-15-30-14-13-28-2/h28H,3-26H2,1-2H3. The Bertz CT molecular complexity index is 429. The van der Waals surface area contributed by atoms with Crippen molar-refractivity contribution in [1.29, 1.82) is 0 Å². The van der Waals surface area contributed by atoms with Crippen molar-refractivity contribution in [2.24, 2.45) is 0 Å². The van der Waals surface area contributed by atoms with Crippen LogP contribution in [0.1, 0.15) is 71.1 Å². The highest BCUT2D eigenvalue weighted by Crippen LogP contribution is 2.10. The van der Waals surface area contributed by atoms with Gasteiger partial charge in [0.05, 0.1) is 79.3 Å². The normalized spacial score (nSPS) is 11.3. The highest BCUT2D eigenvalue weighted by atomic mass is 16.6. The zero-order valence-corrected chi connectivity index (χ0v) is 23.2. The van der Waals surface area contributed by atoms with Crippen LogP contribution in [0.3, 0.4) is 0 Å². The molecule has 0 aliphatic carbocycles. The van der Waals surface area contributed by atoms with Gasteiger partial charge in [0.2, 0.25) is 0 Å². The van der Waals surface area contributed by atoms with Crippen molar-refractivity contribution in [2.75, 3.05) is 99.5 Å². The first-order chi connectivity index (χ1) is 17.8. The van der Waals surface area contributed by atoms with E-state index in [9.17, 15) is 4.79 Å². The minimum absolute atomic E-state index is 0.128. The molecule has 36 heavy (non-hydrogen) atoms. The Hall–Kier alpha value is -0.810. The van der Waals surface area contributed by atoms with Crippen LogP contribution in [-0.2, 0) is 38.0 Å². The Morgan fingerprint density at radius 1 is 0.500 bits per heavy atom. The third kappa shape index (κ3) is 31.2. The monoisotopic (exact) mass is 521 g/mol. The summed E-state index contributed by atoms with van der Waals surface area (Å²) in [6.07, 6.45) is 11.7. The summed E-state index contributed by atoms with van der Waals surface area (Å²) in [6.45, 7) is 9.79. The molecule has 216 valence electrons. The average Bonchev–Trinajstić information content (AvgIpc) is 2.88. The van der Waals surface area contributed by atoms with Gasteiger partial charge in [0.15, 0.2) is 0 Å². The first kappa shape index (κ1) is 35.2. The summed E-state index contributed by atoms with van der Waals surface area (Å²) in [5, 5.41) is 3.02. The van der Waals surface area contributed by atoms with Gasteiger partial charge in [-0.15, -0.1) is 0 Å². The number of hydrogen-bond donors (Lipinski definition) is 1. The van der Waals surface area contributed by atoms with E-state index < -0.39 is 0 Å². The topological polar surface area (TPSA) is 93.7 Å². The zero-order chi connectivity index (χ0) is 26.2. The van der Waals surface area contributed by atoms with Crippen molar-refractivity contribution in [3.05, 3.63) is 0 Å². The van der Waals surface area contributed by atoms with E-state index in [4.69, 9.17) is 33.2 Å². The third-order valence-corrected chi connectivity index (χ3v) is 5.33. The Morgan fingerprint density at radius 3 is 1.28 bits per heavy atom. The molecule has 1 N–H and O–H groups in total. The molecule has 0 atom stereocenters. The fraction of sp³-hybridized carbons (Fsp3) is 0.963. The van der Waals surface area contributed by atoms with Crippen molar-refractivity contribution in [1.82, 2.24) is 5.32 Å². The number of unbranched alkanes of at least 4 members (excludes halogenated alkanes) is 8. The fourth-order valence-electron chi connectivity index (χ4n) is 3.24. The summed E-state index contributed by atoms with van der Waals surface area (Å²) in [6, 6.07) is 0. The van der Waals surface area contributed by atoms with Gasteiger partial charge in [-0.1, -0.05) is 58.3 Å². The fourth-order valence-corrected chi connectivity index (χ4v) is 3.24. The predicted molar refractivity (Wildman–Crippen MR) is 142 cm³/mol. The molecule has 0 fully saturated rings. The van der Waals surface area contributed by atoms with Crippen LogP contribution in [0.2, 0.25) is 0 Å². The second kappa shape index (κ2) is 32.2. The lowest BCUT2D eigenvalue weighted by Crippen LogP contribution is -2.17. The molecule has 0 aliphatic heterocycles. The number of likely N-dealkylation sites (N-methyl/N-ethyl adjacent to an activating group) is 1. The molecule has 0 saturated heterocycles. The summed E-state index contributed by atoms with van der Waals surface area (Å²) < 4.78 is 37.7. The first-order valence-electron chi connectivity index (χ1n) is 14.1. The Kier molecular flexibility index (Phi) is 31.5. The number of carbonyl (C=O) groups is 1. The molecular formula is C27H55NO8. The van der Waals surface area contributed by atoms with Crippen molar-refractivity contribution in [2.45, 2.75) is 71.1 Å². The number of carbonyl (C=O) groups excluding carboxylic acids is 1. The Morgan fingerprint density at radius 2 is 0.861 bits per heavy atom. The van der Waals surface area contributed by atoms with E-state index in [1.54, 1.807) is 0 Å². The number of nitrogens with one attached hydrogen (secondary N) is 1. The molecule has 0 unspecified atom stereocenters. The van der Waals surface area contributed by atoms with Crippen LogP contribution in [0.5, 0.6) is 0 Å². The van der Waals surface area contributed by atoms with Crippen LogP contribution in [0.4, 0.5) is 0 Å². The maximum Gasteiger partial charge on any atom is 0.305 e. The van der Waals surface area contributed by atoms with E-state index in [1.807, 2.05) is 7.05 Å². The van der Waals surface area contributed by atoms with Crippen molar-refractivity contribution in [3.63, 3.8) is 0 Å². The molecule has 0 amide bonds. The predicted octanol–water partition coefficient (Wildman–Crippen LogP) is 3.77. The highest BCUT2D eigenvalue weighted by molar-refractivity contribution is 5.69. The molecule has 0 rings (SSSR count). The van der Waals surface area contributed by atoms with Gasteiger partial charge in [0.25, 0.3) is 0 Å². The molecule has 9 nitrogen and oxygen atoms in total. The zero-order valence-electron chi connectivity index (χ0n) is 23.2. The van der Waals surface area contributed by atoms with E-state index in [0.29, 0.717) is 92.3 Å². The van der Waals surface area contributed by atoms with Gasteiger partial charge in [0, 0.05) is 13.0 Å². The molecule has 0 saturated carbocycles. The molecule has 9 heteroatoms. The van der Waals surface area contributed by atoms with E-state index in [1.165, 1.54) is 44.9 Å². The molecule has 0 aromatic rings. The minimum Gasteiger partial charge on any atom is -0.463 e. The van der Waals surface area contributed by atoms with Crippen LogP contribution in [-0.4, -0.2) is 105 Å². The smallest absolute Gasteiger partial charge is 0.305 e. The second-order valence-electron chi connectivity index (χ2n) is 8.58. The first-order valence-corrected chi connectivity index (χ1v) is 14.1. The van der Waals surface area contributed by atoms with Gasteiger partial charge < -0.3 is 38.5 Å². The summed E-state index contributed by atoms with van der Waals surface area (Å²) in [7, 11) is 1.90. The molecule has 0 spiro atoms. The lowest BCUT2D eigenvalue weighted by molar-refractivity contribution is -0.145. The Labute approximate surface area is 220 Å². The molecule has 0 heterocycles. The van der Waals surface area contributed by atoms with Crippen LogP contribution in [0.25, 0.3) is 0 Å². The lowest BCUT2D eigenvalue weighted by atomic mass is 10.1. The summed E-state index contributed by atoms with van der Waals surface area (Å²) in [5.41, 5.74) is 0. The van der Waals surface area contributed by atoms with Gasteiger partial charge >= 0.3 is 5.97 Å². The summed E-state index contributed by atoms with van der Waals surface area (Å²) in [4.78, 5) is 11.7. The van der Waals surface area contributed by atoms with Gasteiger partial charge in [-0.25, -0.2) is 0 Å². The van der Waals surface area contributed by atoms with E-state index in [2.05, 4.69) is 12.2 Å². The number of ether oxygens (including phenoxy) is 7. The molecular weight excluding hydrogens is 466 g/mol. The number of hydrogen-bond acceptors (Lipinski definition) is 9. The van der Waals surface area contributed by atoms with Crippen LogP contribution < -0.4 is 5.32 Å². The quantitative estimate of drug-likeness (QED) is 0.108. The highest BCUT2D eigenvalue weighted by Gasteiger charge is 2.02. The van der Waals surface area contributed by atoms with Gasteiger partial charge in [-0.3, -0.25) is 4.79 Å². The molecule has 0 aromatic carbocycles. The van der Waals surface area contributed by atoms with Crippen LogP contribution >= 0.6 is 0 Å². The van der Waals surface area contributed by atoms with Crippen LogP contribution in [0, 0.1) is 0 Å². The van der Waals surface area contributed by atoms with Gasteiger partial charge in [-0.05, 0) is 13.5 Å².